The zero-order valence-electron chi connectivity index (χ0n) is 21.2. The molecule has 1 saturated heterocycles. The Bertz CT molecular complexity index is 1110. The average molecular weight is 566 g/mol. The number of amides is 1. The van der Waals surface area contributed by atoms with Crippen LogP contribution < -0.4 is 14.8 Å². The molecular formula is C26H29F6NO6. The van der Waals surface area contributed by atoms with Crippen molar-refractivity contribution in [1.82, 2.24) is 5.32 Å². The maximum Gasteiger partial charge on any atom is 0.573 e. The standard InChI is InChI=1S/C26H29F6NO6/c1-23(2)37-15-24(16-38-23,33-22(34)35)12-11-18-7-10-21(20(14-18)25(27,28)29)36-13-3-4-17-5-8-19(9-6-17)39-26(30,31)32/h5-10,14,33H,3-4,11-13,15-16H2,1-2H3,(H,34,35). The minimum atomic E-state index is -4.80. The van der Waals surface area contributed by atoms with Crippen LogP contribution in [0.5, 0.6) is 11.5 Å². The Hall–Kier alpha value is -3.19. The van der Waals surface area contributed by atoms with Crippen LogP contribution >= 0.6 is 0 Å². The van der Waals surface area contributed by atoms with Crippen molar-refractivity contribution >= 4 is 6.09 Å². The summed E-state index contributed by atoms with van der Waals surface area (Å²) < 4.78 is 98.5. The fourth-order valence-electron chi connectivity index (χ4n) is 3.99. The lowest BCUT2D eigenvalue weighted by Crippen LogP contribution is -2.61. The molecule has 0 saturated carbocycles. The number of aryl methyl sites for hydroxylation is 2. The second-order valence-corrected chi connectivity index (χ2v) is 9.66. The van der Waals surface area contributed by atoms with E-state index in [2.05, 4.69) is 10.1 Å². The molecule has 0 radical (unpaired) electrons. The quantitative estimate of drug-likeness (QED) is 0.259. The highest BCUT2D eigenvalue weighted by Crippen LogP contribution is 2.38. The fraction of sp³-hybridized carbons (Fsp3) is 0.500. The van der Waals surface area contributed by atoms with Gasteiger partial charge in [0.05, 0.1) is 30.9 Å². The summed E-state index contributed by atoms with van der Waals surface area (Å²) >= 11 is 0. The molecule has 1 fully saturated rings. The molecule has 0 bridgehead atoms. The first-order chi connectivity index (χ1) is 18.1. The highest BCUT2D eigenvalue weighted by Gasteiger charge is 2.41. The van der Waals surface area contributed by atoms with Crippen LogP contribution in [0.4, 0.5) is 31.1 Å². The van der Waals surface area contributed by atoms with E-state index in [0.717, 1.165) is 18.2 Å². The molecular weight excluding hydrogens is 536 g/mol. The van der Waals surface area contributed by atoms with Crippen LogP contribution in [0, 0.1) is 0 Å². The van der Waals surface area contributed by atoms with E-state index in [0.29, 0.717) is 24.0 Å². The number of carboxylic acid groups (broad SMARTS) is 1. The average Bonchev–Trinajstić information content (AvgIpc) is 2.82. The maximum atomic E-state index is 13.8. The highest BCUT2D eigenvalue weighted by atomic mass is 19.4. The molecule has 39 heavy (non-hydrogen) atoms. The summed E-state index contributed by atoms with van der Waals surface area (Å²) in [7, 11) is 0. The molecule has 7 nitrogen and oxygen atoms in total. The van der Waals surface area contributed by atoms with E-state index in [-0.39, 0.29) is 44.2 Å². The number of carbonyl (C=O) groups is 1. The number of rotatable bonds is 10. The van der Waals surface area contributed by atoms with Gasteiger partial charge in [0.25, 0.3) is 0 Å². The Kier molecular flexibility index (Phi) is 9.27. The molecule has 0 aliphatic carbocycles. The van der Waals surface area contributed by atoms with E-state index < -0.39 is 35.5 Å². The Balaban J connectivity index is 1.60. The summed E-state index contributed by atoms with van der Waals surface area (Å²) in [4.78, 5) is 11.3. The van der Waals surface area contributed by atoms with Gasteiger partial charge in [0.15, 0.2) is 5.79 Å². The van der Waals surface area contributed by atoms with Crippen molar-refractivity contribution in [3.8, 4) is 11.5 Å². The third kappa shape index (κ3) is 9.50. The van der Waals surface area contributed by atoms with Gasteiger partial charge in [-0.25, -0.2) is 4.79 Å². The third-order valence-electron chi connectivity index (χ3n) is 6.03. The maximum absolute atomic E-state index is 13.8. The monoisotopic (exact) mass is 565 g/mol. The Morgan fingerprint density at radius 1 is 0.974 bits per heavy atom. The first-order valence-electron chi connectivity index (χ1n) is 12.0. The zero-order valence-corrected chi connectivity index (χ0v) is 21.2. The smallest absolute Gasteiger partial charge is 0.493 e. The largest absolute Gasteiger partial charge is 0.573 e. The lowest BCUT2D eigenvalue weighted by Gasteiger charge is -2.43. The minimum absolute atomic E-state index is 0.00228. The van der Waals surface area contributed by atoms with Crippen molar-refractivity contribution in [2.75, 3.05) is 19.8 Å². The lowest BCUT2D eigenvalue weighted by molar-refractivity contribution is -0.274. The normalized spacial score (nSPS) is 16.9. The first kappa shape index (κ1) is 30.4. The van der Waals surface area contributed by atoms with Crippen LogP contribution in [0.2, 0.25) is 0 Å². The van der Waals surface area contributed by atoms with E-state index >= 15 is 0 Å². The van der Waals surface area contributed by atoms with Gasteiger partial charge >= 0.3 is 18.6 Å². The van der Waals surface area contributed by atoms with Crippen LogP contribution in [0.1, 0.15) is 43.4 Å². The predicted octanol–water partition coefficient (Wildman–Crippen LogP) is 6.34. The van der Waals surface area contributed by atoms with Crippen molar-refractivity contribution in [2.24, 2.45) is 0 Å². The second kappa shape index (κ2) is 11.9. The van der Waals surface area contributed by atoms with Gasteiger partial charge in [0.2, 0.25) is 0 Å². The van der Waals surface area contributed by atoms with Gasteiger partial charge in [-0.2, -0.15) is 13.2 Å². The first-order valence-corrected chi connectivity index (χ1v) is 12.0. The van der Waals surface area contributed by atoms with Crippen LogP contribution in [0.3, 0.4) is 0 Å². The van der Waals surface area contributed by atoms with E-state index in [1.807, 2.05) is 0 Å². The van der Waals surface area contributed by atoms with E-state index in [4.69, 9.17) is 14.2 Å². The Labute approximate surface area is 221 Å². The number of benzene rings is 2. The molecule has 2 aromatic rings. The predicted molar refractivity (Wildman–Crippen MR) is 127 cm³/mol. The highest BCUT2D eigenvalue weighted by molar-refractivity contribution is 5.65. The van der Waals surface area contributed by atoms with Gasteiger partial charge in [-0.15, -0.1) is 13.2 Å². The van der Waals surface area contributed by atoms with Crippen LogP contribution in [0.25, 0.3) is 0 Å². The van der Waals surface area contributed by atoms with Crippen molar-refractivity contribution in [3.63, 3.8) is 0 Å². The molecule has 1 aliphatic heterocycles. The summed E-state index contributed by atoms with van der Waals surface area (Å²) in [5.74, 6) is -1.63. The molecule has 2 aromatic carbocycles. The van der Waals surface area contributed by atoms with E-state index in [1.165, 1.54) is 24.3 Å². The lowest BCUT2D eigenvalue weighted by atomic mass is 9.91. The van der Waals surface area contributed by atoms with Gasteiger partial charge < -0.3 is 29.4 Å². The van der Waals surface area contributed by atoms with Crippen LogP contribution in [0.15, 0.2) is 42.5 Å². The Morgan fingerprint density at radius 2 is 1.59 bits per heavy atom. The zero-order chi connectivity index (χ0) is 28.9. The van der Waals surface area contributed by atoms with Crippen molar-refractivity contribution in [1.29, 1.82) is 0 Å². The third-order valence-corrected chi connectivity index (χ3v) is 6.03. The minimum Gasteiger partial charge on any atom is -0.493 e. The molecule has 216 valence electrons. The van der Waals surface area contributed by atoms with Gasteiger partial charge in [-0.3, -0.25) is 0 Å². The molecule has 0 unspecified atom stereocenters. The molecule has 1 aliphatic rings. The second-order valence-electron chi connectivity index (χ2n) is 9.66. The molecule has 0 aromatic heterocycles. The number of alkyl halides is 6. The molecule has 13 heteroatoms. The van der Waals surface area contributed by atoms with Crippen molar-refractivity contribution in [2.45, 2.75) is 63.4 Å². The Morgan fingerprint density at radius 3 is 2.15 bits per heavy atom. The number of hydrogen-bond acceptors (Lipinski definition) is 5. The van der Waals surface area contributed by atoms with Crippen LogP contribution in [-0.4, -0.2) is 48.7 Å². The summed E-state index contributed by atoms with van der Waals surface area (Å²) in [5, 5.41) is 11.6. The summed E-state index contributed by atoms with van der Waals surface area (Å²) in [6.45, 7) is 3.29. The molecule has 1 heterocycles. The number of hydrogen-bond donors (Lipinski definition) is 2. The van der Waals surface area contributed by atoms with Gasteiger partial charge in [-0.1, -0.05) is 18.2 Å². The molecule has 1 amide bonds. The molecule has 3 rings (SSSR count). The number of ether oxygens (including phenoxy) is 4. The van der Waals surface area contributed by atoms with Gasteiger partial charge in [-0.05, 0) is 74.9 Å². The van der Waals surface area contributed by atoms with E-state index in [1.54, 1.807) is 13.8 Å². The number of nitrogens with one attached hydrogen (secondary N) is 1. The van der Waals surface area contributed by atoms with Crippen molar-refractivity contribution < 1.29 is 55.2 Å². The number of halogens is 6. The van der Waals surface area contributed by atoms with Gasteiger partial charge in [0.1, 0.15) is 11.5 Å². The summed E-state index contributed by atoms with van der Waals surface area (Å²) in [6, 6.07) is 8.86. The topological polar surface area (TPSA) is 86.2 Å². The molecule has 0 atom stereocenters. The van der Waals surface area contributed by atoms with Crippen molar-refractivity contribution in [3.05, 3.63) is 59.2 Å². The summed E-state index contributed by atoms with van der Waals surface area (Å²) in [5.41, 5.74) is -1.09. The summed E-state index contributed by atoms with van der Waals surface area (Å²) in [6.07, 6.45) is -9.85. The SMILES string of the molecule is CC1(C)OCC(CCc2ccc(OCCCc3ccc(OC(F)(F)F)cc3)c(C(F)(F)F)c2)(NC(=O)O)CO1. The van der Waals surface area contributed by atoms with Gasteiger partial charge in [0, 0.05) is 0 Å². The molecule has 2 N–H and O–H groups in total. The molecule has 0 spiro atoms. The van der Waals surface area contributed by atoms with Crippen LogP contribution in [-0.2, 0) is 28.5 Å². The fourth-order valence-corrected chi connectivity index (χ4v) is 3.99. The van der Waals surface area contributed by atoms with E-state index in [9.17, 15) is 36.2 Å².